The second-order valence-corrected chi connectivity index (χ2v) is 4.78. The van der Waals surface area contributed by atoms with Crippen molar-refractivity contribution in [3.8, 4) is 0 Å². The van der Waals surface area contributed by atoms with Gasteiger partial charge in [0.2, 0.25) is 0 Å². The fourth-order valence-corrected chi connectivity index (χ4v) is 2.62. The van der Waals surface area contributed by atoms with Crippen LogP contribution >= 0.6 is 0 Å². The Kier molecular flexibility index (Phi) is 4.13. The lowest BCUT2D eigenvalue weighted by Gasteiger charge is -2.13. The van der Waals surface area contributed by atoms with Gasteiger partial charge in [-0.2, -0.15) is 0 Å². The molecule has 3 heteroatoms. The lowest BCUT2D eigenvalue weighted by Crippen LogP contribution is -2.24. The summed E-state index contributed by atoms with van der Waals surface area (Å²) in [4.78, 5) is 23.6. The number of ketones is 1. The molecule has 96 valence electrons. The van der Waals surface area contributed by atoms with Crippen molar-refractivity contribution in [3.05, 3.63) is 35.9 Å². The Balaban J connectivity index is 2.11. The number of hydrogen-bond acceptors (Lipinski definition) is 3. The van der Waals surface area contributed by atoms with Crippen LogP contribution in [0.25, 0.3) is 0 Å². The van der Waals surface area contributed by atoms with E-state index in [1.54, 1.807) is 0 Å². The van der Waals surface area contributed by atoms with Crippen LogP contribution in [0.4, 0.5) is 0 Å². The third kappa shape index (κ3) is 2.78. The van der Waals surface area contributed by atoms with Gasteiger partial charge in [-0.25, -0.2) is 0 Å². The average molecular weight is 246 g/mol. The molecule has 18 heavy (non-hydrogen) atoms. The van der Waals surface area contributed by atoms with Gasteiger partial charge in [-0.3, -0.25) is 9.59 Å². The number of ether oxygens (including phenoxy) is 1. The van der Waals surface area contributed by atoms with Crippen molar-refractivity contribution < 1.29 is 14.3 Å². The molecule has 1 aliphatic rings. The molecule has 0 N–H and O–H groups in total. The first-order chi connectivity index (χ1) is 8.72. The molecule has 2 atom stereocenters. The van der Waals surface area contributed by atoms with E-state index in [0.717, 1.165) is 12.8 Å². The predicted molar refractivity (Wildman–Crippen MR) is 68.2 cm³/mol. The standard InChI is InChI=1S/C15H18O3/c1-18-15(17)13-9-5-8-12(10-14(13)16)11-6-3-2-4-7-11/h2-4,6-7,12-13H,5,8-10H2,1H3. The summed E-state index contributed by atoms with van der Waals surface area (Å²) in [6.45, 7) is 0. The number of benzene rings is 1. The molecule has 0 aromatic heterocycles. The smallest absolute Gasteiger partial charge is 0.316 e. The van der Waals surface area contributed by atoms with Gasteiger partial charge in [-0.15, -0.1) is 0 Å². The van der Waals surface area contributed by atoms with Crippen LogP contribution in [0.15, 0.2) is 30.3 Å². The number of esters is 1. The van der Waals surface area contributed by atoms with Crippen molar-refractivity contribution in [2.24, 2.45) is 5.92 Å². The monoisotopic (exact) mass is 246 g/mol. The summed E-state index contributed by atoms with van der Waals surface area (Å²) in [6.07, 6.45) is 2.92. The Labute approximate surface area is 107 Å². The highest BCUT2D eigenvalue weighted by molar-refractivity contribution is 5.99. The lowest BCUT2D eigenvalue weighted by molar-refractivity contribution is -0.149. The first-order valence-corrected chi connectivity index (χ1v) is 6.38. The van der Waals surface area contributed by atoms with Crippen LogP contribution in [0.1, 0.15) is 37.2 Å². The van der Waals surface area contributed by atoms with E-state index in [4.69, 9.17) is 4.74 Å². The van der Waals surface area contributed by atoms with Crippen LogP contribution in [0.2, 0.25) is 0 Å². The molecule has 1 saturated carbocycles. The first kappa shape index (κ1) is 12.8. The van der Waals surface area contributed by atoms with Gasteiger partial charge in [0.15, 0.2) is 0 Å². The maximum absolute atomic E-state index is 12.1. The Morgan fingerprint density at radius 1 is 1.22 bits per heavy atom. The average Bonchev–Trinajstić information content (AvgIpc) is 2.61. The van der Waals surface area contributed by atoms with Gasteiger partial charge in [0.1, 0.15) is 11.7 Å². The van der Waals surface area contributed by atoms with Gasteiger partial charge in [0.05, 0.1) is 7.11 Å². The molecule has 0 saturated heterocycles. The van der Waals surface area contributed by atoms with Crippen LogP contribution in [0.5, 0.6) is 0 Å². The Morgan fingerprint density at radius 3 is 2.61 bits per heavy atom. The number of methoxy groups -OCH3 is 1. The van der Waals surface area contributed by atoms with Crippen LogP contribution in [0.3, 0.4) is 0 Å². The number of rotatable bonds is 2. The maximum atomic E-state index is 12.1. The van der Waals surface area contributed by atoms with E-state index >= 15 is 0 Å². The van der Waals surface area contributed by atoms with E-state index in [1.807, 2.05) is 18.2 Å². The van der Waals surface area contributed by atoms with E-state index in [0.29, 0.717) is 12.8 Å². The quantitative estimate of drug-likeness (QED) is 0.458. The van der Waals surface area contributed by atoms with Gasteiger partial charge < -0.3 is 4.74 Å². The maximum Gasteiger partial charge on any atom is 0.316 e. The molecular formula is C15H18O3. The summed E-state index contributed by atoms with van der Waals surface area (Å²) >= 11 is 0. The minimum absolute atomic E-state index is 0.0215. The molecule has 0 bridgehead atoms. The summed E-state index contributed by atoms with van der Waals surface area (Å²) < 4.78 is 4.70. The third-order valence-corrected chi connectivity index (χ3v) is 3.64. The van der Waals surface area contributed by atoms with Gasteiger partial charge in [-0.05, 0) is 24.3 Å². The summed E-state index contributed by atoms with van der Waals surface area (Å²) in [5.74, 6) is -0.668. The molecule has 1 fully saturated rings. The second kappa shape index (κ2) is 5.80. The zero-order valence-corrected chi connectivity index (χ0v) is 10.6. The fourth-order valence-electron chi connectivity index (χ4n) is 2.62. The number of Topliss-reactive ketones (excluding diaryl/α,β-unsaturated/α-hetero) is 1. The van der Waals surface area contributed by atoms with E-state index in [9.17, 15) is 9.59 Å². The minimum atomic E-state index is -0.552. The Bertz CT molecular complexity index is 425. The fraction of sp³-hybridized carbons (Fsp3) is 0.467. The van der Waals surface area contributed by atoms with Gasteiger partial charge >= 0.3 is 5.97 Å². The van der Waals surface area contributed by atoms with Crippen molar-refractivity contribution in [1.82, 2.24) is 0 Å². The number of hydrogen-bond donors (Lipinski definition) is 0. The van der Waals surface area contributed by atoms with Crippen LogP contribution in [-0.4, -0.2) is 18.9 Å². The van der Waals surface area contributed by atoms with E-state index in [-0.39, 0.29) is 17.7 Å². The SMILES string of the molecule is COC(=O)C1CCCC(c2ccccc2)CC1=O. The normalized spacial score (nSPS) is 24.4. The minimum Gasteiger partial charge on any atom is -0.468 e. The summed E-state index contributed by atoms with van der Waals surface area (Å²) in [5.41, 5.74) is 1.19. The summed E-state index contributed by atoms with van der Waals surface area (Å²) in [7, 11) is 1.34. The molecule has 1 aromatic carbocycles. The van der Waals surface area contributed by atoms with Gasteiger partial charge in [-0.1, -0.05) is 36.8 Å². The highest BCUT2D eigenvalue weighted by atomic mass is 16.5. The summed E-state index contributed by atoms with van der Waals surface area (Å²) in [5, 5.41) is 0. The molecule has 0 amide bonds. The zero-order valence-electron chi connectivity index (χ0n) is 10.6. The highest BCUT2D eigenvalue weighted by Gasteiger charge is 2.32. The van der Waals surface area contributed by atoms with Crippen molar-refractivity contribution >= 4 is 11.8 Å². The number of carbonyl (C=O) groups excluding carboxylic acids is 2. The molecule has 2 unspecified atom stereocenters. The molecule has 3 nitrogen and oxygen atoms in total. The molecular weight excluding hydrogens is 228 g/mol. The van der Waals surface area contributed by atoms with Crippen molar-refractivity contribution in [1.29, 1.82) is 0 Å². The van der Waals surface area contributed by atoms with Crippen LogP contribution < -0.4 is 0 Å². The molecule has 2 rings (SSSR count). The van der Waals surface area contributed by atoms with Crippen LogP contribution in [-0.2, 0) is 14.3 Å². The Morgan fingerprint density at radius 2 is 1.94 bits per heavy atom. The van der Waals surface area contributed by atoms with Crippen molar-refractivity contribution in [3.63, 3.8) is 0 Å². The van der Waals surface area contributed by atoms with Crippen molar-refractivity contribution in [2.75, 3.05) is 7.11 Å². The molecule has 0 heterocycles. The Hall–Kier alpha value is -1.64. The van der Waals surface area contributed by atoms with E-state index < -0.39 is 5.92 Å². The molecule has 1 aromatic rings. The van der Waals surface area contributed by atoms with Gasteiger partial charge in [0.25, 0.3) is 0 Å². The molecule has 0 spiro atoms. The van der Waals surface area contributed by atoms with E-state index in [2.05, 4.69) is 12.1 Å². The molecule has 1 aliphatic carbocycles. The lowest BCUT2D eigenvalue weighted by atomic mass is 9.91. The second-order valence-electron chi connectivity index (χ2n) is 4.78. The largest absolute Gasteiger partial charge is 0.468 e. The first-order valence-electron chi connectivity index (χ1n) is 6.38. The molecule has 0 aliphatic heterocycles. The number of carbonyl (C=O) groups is 2. The zero-order chi connectivity index (χ0) is 13.0. The van der Waals surface area contributed by atoms with Crippen LogP contribution in [0, 0.1) is 5.92 Å². The van der Waals surface area contributed by atoms with Crippen molar-refractivity contribution in [2.45, 2.75) is 31.6 Å². The van der Waals surface area contributed by atoms with Gasteiger partial charge in [0, 0.05) is 6.42 Å². The predicted octanol–water partition coefficient (Wildman–Crippen LogP) is 2.70. The molecule has 0 radical (unpaired) electrons. The highest BCUT2D eigenvalue weighted by Crippen LogP contribution is 2.32. The summed E-state index contributed by atoms with van der Waals surface area (Å²) in [6, 6.07) is 10.1. The topological polar surface area (TPSA) is 43.4 Å². The van der Waals surface area contributed by atoms with E-state index in [1.165, 1.54) is 12.7 Å². The third-order valence-electron chi connectivity index (χ3n) is 3.64.